The fraction of sp³-hybridized carbons (Fsp3) is 0.400. The number of hydrogen-bond acceptors (Lipinski definition) is 3. The highest BCUT2D eigenvalue weighted by molar-refractivity contribution is 7.87. The maximum Gasteiger partial charge on any atom is 0.279 e. The van der Waals surface area contributed by atoms with Crippen LogP contribution >= 0.6 is 11.6 Å². The third-order valence-electron chi connectivity index (χ3n) is 5.39. The van der Waals surface area contributed by atoms with Gasteiger partial charge in [0.15, 0.2) is 0 Å². The Morgan fingerprint density at radius 3 is 2.67 bits per heavy atom. The molecule has 1 saturated carbocycles. The van der Waals surface area contributed by atoms with Crippen LogP contribution in [0.1, 0.15) is 24.8 Å². The Labute approximate surface area is 165 Å². The van der Waals surface area contributed by atoms with E-state index in [1.165, 1.54) is 9.87 Å². The molecular weight excluding hydrogens is 384 g/mol. The molecule has 1 heterocycles. The van der Waals surface area contributed by atoms with E-state index in [-0.39, 0.29) is 18.1 Å². The van der Waals surface area contributed by atoms with Gasteiger partial charge in [-0.2, -0.15) is 17.4 Å². The van der Waals surface area contributed by atoms with Gasteiger partial charge in [-0.15, -0.1) is 0 Å². The lowest BCUT2D eigenvalue weighted by Crippen LogP contribution is -2.41. The van der Waals surface area contributed by atoms with Gasteiger partial charge >= 0.3 is 0 Å². The number of hydrogen-bond donors (Lipinski definition) is 1. The summed E-state index contributed by atoms with van der Waals surface area (Å²) in [5.74, 6) is 1.20. The third-order valence-corrected chi connectivity index (χ3v) is 7.21. The van der Waals surface area contributed by atoms with Gasteiger partial charge < -0.3 is 4.74 Å². The van der Waals surface area contributed by atoms with Crippen molar-refractivity contribution in [2.45, 2.75) is 31.4 Å². The van der Waals surface area contributed by atoms with Crippen molar-refractivity contribution < 1.29 is 13.2 Å². The van der Waals surface area contributed by atoms with Crippen LogP contribution in [0.25, 0.3) is 0 Å². The first-order valence-corrected chi connectivity index (χ1v) is 11.0. The zero-order chi connectivity index (χ0) is 19.0. The highest BCUT2D eigenvalue weighted by Crippen LogP contribution is 2.47. The molecule has 0 spiro atoms. The quantitative estimate of drug-likeness (QED) is 0.799. The van der Waals surface area contributed by atoms with Crippen LogP contribution < -0.4 is 9.46 Å². The Bertz CT molecular complexity index is 906. The first-order chi connectivity index (χ1) is 12.9. The standard InChI is InChI=1S/C20H23ClN2O3S/c1-14-19(15-6-3-2-4-7-15)20(14)22-27(24,25)23-11-10-18(13-23)26-17-9-5-8-16(21)12-17/h2-9,12,14,18-20,22H,10-11,13H2,1H3/t14-,18?,19-,20+/m1/s1. The molecule has 0 amide bonds. The molecule has 1 saturated heterocycles. The molecule has 1 N–H and O–H groups in total. The van der Waals surface area contributed by atoms with E-state index in [9.17, 15) is 8.42 Å². The highest BCUT2D eigenvalue weighted by Gasteiger charge is 2.50. The normalized spacial score (nSPS) is 28.2. The Kier molecular flexibility index (Phi) is 5.16. The molecule has 1 aliphatic carbocycles. The number of ether oxygens (including phenoxy) is 1. The maximum atomic E-state index is 12.8. The van der Waals surface area contributed by atoms with Gasteiger partial charge in [0.1, 0.15) is 11.9 Å². The van der Waals surface area contributed by atoms with E-state index in [1.807, 2.05) is 30.3 Å². The SMILES string of the molecule is C[C@H]1[C@H](NS(=O)(=O)N2CCC(Oc3cccc(Cl)c3)C2)[C@H]1c1ccccc1. The summed E-state index contributed by atoms with van der Waals surface area (Å²) in [6.45, 7) is 2.89. The molecule has 27 heavy (non-hydrogen) atoms. The average Bonchev–Trinajstić information content (AvgIpc) is 3.04. The van der Waals surface area contributed by atoms with Crippen molar-refractivity contribution >= 4 is 21.8 Å². The van der Waals surface area contributed by atoms with E-state index in [0.29, 0.717) is 36.2 Å². The predicted molar refractivity (Wildman–Crippen MR) is 106 cm³/mol. The summed E-state index contributed by atoms with van der Waals surface area (Å²) in [6, 6.07) is 17.2. The summed E-state index contributed by atoms with van der Waals surface area (Å²) in [6.07, 6.45) is 0.497. The number of rotatable bonds is 6. The fourth-order valence-electron chi connectivity index (χ4n) is 3.82. The average molecular weight is 407 g/mol. The minimum Gasteiger partial charge on any atom is -0.489 e. The van der Waals surface area contributed by atoms with E-state index in [0.717, 1.165) is 0 Å². The van der Waals surface area contributed by atoms with Gasteiger partial charge in [-0.25, -0.2) is 0 Å². The van der Waals surface area contributed by atoms with Crippen LogP contribution in [0.3, 0.4) is 0 Å². The zero-order valence-corrected chi connectivity index (χ0v) is 16.7. The lowest BCUT2D eigenvalue weighted by atomic mass is 10.1. The van der Waals surface area contributed by atoms with Crippen LogP contribution in [-0.4, -0.2) is 38.0 Å². The smallest absolute Gasteiger partial charge is 0.279 e. The van der Waals surface area contributed by atoms with Crippen molar-refractivity contribution in [2.24, 2.45) is 5.92 Å². The van der Waals surface area contributed by atoms with Crippen molar-refractivity contribution in [1.29, 1.82) is 0 Å². The molecule has 2 aromatic carbocycles. The molecule has 0 radical (unpaired) electrons. The number of halogens is 1. The van der Waals surface area contributed by atoms with Crippen molar-refractivity contribution in [1.82, 2.24) is 9.03 Å². The largest absolute Gasteiger partial charge is 0.489 e. The Morgan fingerprint density at radius 2 is 1.93 bits per heavy atom. The first-order valence-electron chi connectivity index (χ1n) is 9.18. The van der Waals surface area contributed by atoms with E-state index < -0.39 is 10.2 Å². The molecule has 0 bridgehead atoms. The lowest BCUT2D eigenvalue weighted by Gasteiger charge is -2.18. The summed E-state index contributed by atoms with van der Waals surface area (Å²) in [7, 11) is -3.53. The molecule has 2 aromatic rings. The monoisotopic (exact) mass is 406 g/mol. The Balaban J connectivity index is 1.36. The summed E-state index contributed by atoms with van der Waals surface area (Å²) in [5, 5.41) is 0.603. The van der Waals surface area contributed by atoms with Crippen LogP contribution in [0.2, 0.25) is 5.02 Å². The second-order valence-corrected chi connectivity index (χ2v) is 9.43. The summed E-state index contributed by atoms with van der Waals surface area (Å²) in [4.78, 5) is 0. The van der Waals surface area contributed by atoms with Gasteiger partial charge in [-0.1, -0.05) is 54.9 Å². The number of nitrogens with one attached hydrogen (secondary N) is 1. The second-order valence-electron chi connectivity index (χ2n) is 7.29. The van der Waals surface area contributed by atoms with Crippen LogP contribution in [0.4, 0.5) is 0 Å². The molecule has 144 valence electrons. The van der Waals surface area contributed by atoms with Crippen LogP contribution in [0.15, 0.2) is 54.6 Å². The Hall–Kier alpha value is -1.60. The zero-order valence-electron chi connectivity index (χ0n) is 15.1. The predicted octanol–water partition coefficient (Wildman–Crippen LogP) is 3.43. The molecule has 4 atom stereocenters. The summed E-state index contributed by atoms with van der Waals surface area (Å²) < 4.78 is 35.9. The summed E-state index contributed by atoms with van der Waals surface area (Å²) in [5.41, 5.74) is 1.18. The van der Waals surface area contributed by atoms with Gasteiger partial charge in [0, 0.05) is 23.5 Å². The highest BCUT2D eigenvalue weighted by atomic mass is 35.5. The first kappa shape index (κ1) is 18.7. The molecule has 5 nitrogen and oxygen atoms in total. The van der Waals surface area contributed by atoms with Gasteiger partial charge in [-0.05, 0) is 36.1 Å². The number of nitrogens with zero attached hydrogens (tertiary/aromatic N) is 1. The molecule has 1 unspecified atom stereocenters. The van der Waals surface area contributed by atoms with E-state index in [2.05, 4.69) is 23.8 Å². The molecule has 2 fully saturated rings. The van der Waals surface area contributed by atoms with Gasteiger partial charge in [-0.3, -0.25) is 0 Å². The van der Waals surface area contributed by atoms with E-state index in [1.54, 1.807) is 12.1 Å². The maximum absolute atomic E-state index is 12.8. The van der Waals surface area contributed by atoms with Gasteiger partial charge in [0.05, 0.1) is 6.54 Å². The molecule has 4 rings (SSSR count). The van der Waals surface area contributed by atoms with Gasteiger partial charge in [0.2, 0.25) is 0 Å². The number of benzene rings is 2. The molecule has 1 aliphatic heterocycles. The Morgan fingerprint density at radius 1 is 1.15 bits per heavy atom. The van der Waals surface area contributed by atoms with Crippen LogP contribution in [-0.2, 0) is 10.2 Å². The molecule has 2 aliphatic rings. The lowest BCUT2D eigenvalue weighted by molar-refractivity contribution is 0.215. The summed E-state index contributed by atoms with van der Waals surface area (Å²) >= 11 is 5.98. The van der Waals surface area contributed by atoms with Crippen molar-refractivity contribution in [3.63, 3.8) is 0 Å². The van der Waals surface area contributed by atoms with Crippen LogP contribution in [0, 0.1) is 5.92 Å². The minimum absolute atomic E-state index is 0.0506. The minimum atomic E-state index is -3.53. The second kappa shape index (κ2) is 7.43. The van der Waals surface area contributed by atoms with Crippen molar-refractivity contribution in [2.75, 3.05) is 13.1 Å². The van der Waals surface area contributed by atoms with Crippen molar-refractivity contribution in [3.05, 3.63) is 65.2 Å². The third kappa shape index (κ3) is 4.14. The molecule has 0 aromatic heterocycles. The van der Waals surface area contributed by atoms with E-state index >= 15 is 0 Å². The molecular formula is C20H23ClN2O3S. The van der Waals surface area contributed by atoms with Crippen LogP contribution in [0.5, 0.6) is 5.75 Å². The van der Waals surface area contributed by atoms with E-state index in [4.69, 9.17) is 16.3 Å². The fourth-order valence-corrected chi connectivity index (χ4v) is 5.56. The topological polar surface area (TPSA) is 58.6 Å². The van der Waals surface area contributed by atoms with Crippen molar-refractivity contribution in [3.8, 4) is 5.75 Å². The molecule has 7 heteroatoms. The van der Waals surface area contributed by atoms with Gasteiger partial charge in [0.25, 0.3) is 10.2 Å².